The number of thiazole rings is 1. The second kappa shape index (κ2) is 10.2. The number of hydrogen-bond donors (Lipinski definition) is 2. The topological polar surface area (TPSA) is 109 Å². The SMILES string of the molecule is Cc1ccc(N2C(=O)C3Sc4[nH]c(=O)sc4[C@H](c4ccc(OCC(=O)Nc5ccccc5)cc4)C3C2=O)cc1. The molecular weight excluding hydrogens is 534 g/mol. The lowest BCUT2D eigenvalue weighted by atomic mass is 9.83. The lowest BCUT2D eigenvalue weighted by Gasteiger charge is -2.29. The molecule has 2 unspecified atom stereocenters. The number of imide groups is 1. The zero-order valence-corrected chi connectivity index (χ0v) is 22.4. The van der Waals surface area contributed by atoms with Gasteiger partial charge in [-0.15, -0.1) is 0 Å². The van der Waals surface area contributed by atoms with Crippen LogP contribution in [0.15, 0.2) is 88.7 Å². The Labute approximate surface area is 232 Å². The highest BCUT2D eigenvalue weighted by Gasteiger charge is 2.56. The number of para-hydroxylation sites is 1. The molecule has 3 heterocycles. The molecule has 10 heteroatoms. The number of hydrogen-bond acceptors (Lipinski definition) is 7. The molecule has 196 valence electrons. The van der Waals surface area contributed by atoms with Crippen molar-refractivity contribution in [3.8, 4) is 5.75 Å². The molecule has 3 amide bonds. The van der Waals surface area contributed by atoms with Gasteiger partial charge in [0.1, 0.15) is 11.0 Å². The van der Waals surface area contributed by atoms with E-state index in [-0.39, 0.29) is 29.2 Å². The van der Waals surface area contributed by atoms with E-state index in [1.54, 1.807) is 36.4 Å². The number of nitrogens with zero attached hydrogens (tertiary/aromatic N) is 1. The van der Waals surface area contributed by atoms with Crippen molar-refractivity contribution in [2.45, 2.75) is 23.1 Å². The van der Waals surface area contributed by atoms with Crippen molar-refractivity contribution in [1.29, 1.82) is 0 Å². The van der Waals surface area contributed by atoms with Crippen LogP contribution >= 0.6 is 23.1 Å². The number of aryl methyl sites for hydroxylation is 1. The highest BCUT2D eigenvalue weighted by Crippen LogP contribution is 2.53. The largest absolute Gasteiger partial charge is 0.484 e. The van der Waals surface area contributed by atoms with E-state index in [0.29, 0.717) is 22.2 Å². The first-order valence-corrected chi connectivity index (χ1v) is 14.0. The van der Waals surface area contributed by atoms with E-state index in [2.05, 4.69) is 10.3 Å². The van der Waals surface area contributed by atoms with Gasteiger partial charge >= 0.3 is 4.87 Å². The maximum Gasteiger partial charge on any atom is 0.305 e. The summed E-state index contributed by atoms with van der Waals surface area (Å²) < 4.78 is 5.67. The molecule has 3 atom stereocenters. The standard InChI is InChI=1S/C29H23N3O5S2/c1-16-7-11-19(12-8-16)32-27(34)23-22(24-26(31-29(36)39-24)38-25(23)28(32)35)17-9-13-20(14-10-17)37-15-21(33)30-18-5-3-2-4-6-18/h2-14,22-23,25H,15H2,1H3,(H,30,33)(H,31,36)/t22-,23?,25?/m1/s1. The number of aromatic amines is 1. The summed E-state index contributed by atoms with van der Waals surface area (Å²) in [7, 11) is 0. The fourth-order valence-corrected chi connectivity index (χ4v) is 7.48. The number of amides is 3. The van der Waals surface area contributed by atoms with Gasteiger partial charge in [0.15, 0.2) is 6.61 Å². The van der Waals surface area contributed by atoms with Crippen molar-refractivity contribution in [1.82, 2.24) is 4.98 Å². The first kappa shape index (κ1) is 25.1. The predicted octanol–water partition coefficient (Wildman–Crippen LogP) is 4.56. The van der Waals surface area contributed by atoms with Crippen LogP contribution in [-0.2, 0) is 14.4 Å². The van der Waals surface area contributed by atoms with Gasteiger partial charge in [-0.3, -0.25) is 19.2 Å². The lowest BCUT2D eigenvalue weighted by Crippen LogP contribution is -2.32. The van der Waals surface area contributed by atoms with E-state index in [1.165, 1.54) is 16.7 Å². The molecular formula is C29H23N3O5S2. The smallest absolute Gasteiger partial charge is 0.305 e. The van der Waals surface area contributed by atoms with E-state index in [0.717, 1.165) is 27.3 Å². The summed E-state index contributed by atoms with van der Waals surface area (Å²) >= 11 is 2.31. The van der Waals surface area contributed by atoms with Crippen LogP contribution in [0.2, 0.25) is 0 Å². The molecule has 4 aromatic rings. The third kappa shape index (κ3) is 4.77. The molecule has 0 saturated carbocycles. The van der Waals surface area contributed by atoms with Gasteiger partial charge in [0, 0.05) is 16.5 Å². The zero-order chi connectivity index (χ0) is 27.1. The zero-order valence-electron chi connectivity index (χ0n) is 20.7. The first-order valence-electron chi connectivity index (χ1n) is 12.3. The summed E-state index contributed by atoms with van der Waals surface area (Å²) in [6, 6.07) is 23.5. The van der Waals surface area contributed by atoms with Crippen LogP contribution in [0.25, 0.3) is 0 Å². The normalized spacial score (nSPS) is 19.9. The molecule has 6 rings (SSSR count). The number of carbonyl (C=O) groups is 3. The molecule has 2 aliphatic rings. The Morgan fingerprint density at radius 1 is 0.949 bits per heavy atom. The molecule has 8 nitrogen and oxygen atoms in total. The van der Waals surface area contributed by atoms with Gasteiger partial charge in [-0.2, -0.15) is 0 Å². The van der Waals surface area contributed by atoms with Gasteiger partial charge in [-0.25, -0.2) is 4.90 Å². The van der Waals surface area contributed by atoms with E-state index >= 15 is 0 Å². The van der Waals surface area contributed by atoms with E-state index < -0.39 is 17.1 Å². The van der Waals surface area contributed by atoms with Crippen LogP contribution in [0.5, 0.6) is 5.75 Å². The minimum Gasteiger partial charge on any atom is -0.484 e. The molecule has 2 N–H and O–H groups in total. The number of benzene rings is 3. The van der Waals surface area contributed by atoms with Gasteiger partial charge < -0.3 is 15.0 Å². The fourth-order valence-electron chi connectivity index (χ4n) is 4.96. The summed E-state index contributed by atoms with van der Waals surface area (Å²) in [5.41, 5.74) is 3.04. The fraction of sp³-hybridized carbons (Fsp3) is 0.172. The molecule has 0 radical (unpaired) electrons. The monoisotopic (exact) mass is 557 g/mol. The number of anilines is 2. The molecule has 0 aliphatic carbocycles. The average Bonchev–Trinajstić information content (AvgIpc) is 3.43. The Morgan fingerprint density at radius 2 is 1.67 bits per heavy atom. The minimum atomic E-state index is -0.661. The van der Waals surface area contributed by atoms with Crippen LogP contribution < -0.4 is 19.8 Å². The molecule has 1 fully saturated rings. The number of carbonyl (C=O) groups excluding carboxylic acids is 3. The number of H-pyrrole nitrogens is 1. The predicted molar refractivity (Wildman–Crippen MR) is 151 cm³/mol. The molecule has 0 bridgehead atoms. The van der Waals surface area contributed by atoms with E-state index in [9.17, 15) is 19.2 Å². The van der Waals surface area contributed by atoms with Crippen molar-refractivity contribution in [2.75, 3.05) is 16.8 Å². The number of rotatable bonds is 6. The van der Waals surface area contributed by atoms with Crippen molar-refractivity contribution >= 4 is 52.2 Å². The van der Waals surface area contributed by atoms with Crippen LogP contribution in [0, 0.1) is 12.8 Å². The Bertz CT molecular complexity index is 1610. The summed E-state index contributed by atoms with van der Waals surface area (Å²) in [5, 5.41) is 2.74. The maximum absolute atomic E-state index is 13.8. The molecule has 0 spiro atoms. The summed E-state index contributed by atoms with van der Waals surface area (Å²) in [6.07, 6.45) is 0. The first-order chi connectivity index (χ1) is 18.9. The van der Waals surface area contributed by atoms with Gasteiger partial charge in [0.2, 0.25) is 11.8 Å². The van der Waals surface area contributed by atoms with Gasteiger partial charge in [0.05, 0.1) is 16.6 Å². The van der Waals surface area contributed by atoms with Gasteiger partial charge in [0.25, 0.3) is 5.91 Å². The van der Waals surface area contributed by atoms with Crippen molar-refractivity contribution < 1.29 is 19.1 Å². The second-order valence-corrected chi connectivity index (χ2v) is 11.5. The summed E-state index contributed by atoms with van der Waals surface area (Å²) in [4.78, 5) is 56.4. The van der Waals surface area contributed by atoms with Crippen molar-refractivity contribution in [3.63, 3.8) is 0 Å². The average molecular weight is 558 g/mol. The lowest BCUT2D eigenvalue weighted by molar-refractivity contribution is -0.122. The number of aromatic nitrogens is 1. The van der Waals surface area contributed by atoms with Crippen LogP contribution in [0.4, 0.5) is 11.4 Å². The summed E-state index contributed by atoms with van der Waals surface area (Å²) in [6.45, 7) is 1.78. The number of thioether (sulfide) groups is 1. The second-order valence-electron chi connectivity index (χ2n) is 9.37. The van der Waals surface area contributed by atoms with E-state index in [4.69, 9.17) is 4.74 Å². The van der Waals surface area contributed by atoms with Gasteiger partial charge in [-0.1, -0.05) is 71.1 Å². The highest BCUT2D eigenvalue weighted by atomic mass is 32.2. The Morgan fingerprint density at radius 3 is 2.38 bits per heavy atom. The quantitative estimate of drug-likeness (QED) is 0.337. The van der Waals surface area contributed by atoms with Crippen LogP contribution in [0.3, 0.4) is 0 Å². The van der Waals surface area contributed by atoms with Crippen LogP contribution in [0.1, 0.15) is 21.9 Å². The number of ether oxygens (including phenoxy) is 1. The van der Waals surface area contributed by atoms with Crippen molar-refractivity contribution in [2.24, 2.45) is 5.92 Å². The molecule has 2 aliphatic heterocycles. The molecule has 1 saturated heterocycles. The number of nitrogens with one attached hydrogen (secondary N) is 2. The Hall–Kier alpha value is -4.15. The Balaban J connectivity index is 1.25. The Kier molecular flexibility index (Phi) is 6.58. The van der Waals surface area contributed by atoms with E-state index in [1.807, 2.05) is 49.4 Å². The highest BCUT2D eigenvalue weighted by molar-refractivity contribution is 8.00. The summed E-state index contributed by atoms with van der Waals surface area (Å²) in [5.74, 6) is -1.50. The number of fused-ring (bicyclic) bond motifs is 2. The third-order valence-electron chi connectivity index (χ3n) is 6.78. The third-order valence-corrected chi connectivity index (χ3v) is 9.18. The maximum atomic E-state index is 13.8. The van der Waals surface area contributed by atoms with Crippen molar-refractivity contribution in [3.05, 3.63) is 105 Å². The van der Waals surface area contributed by atoms with Gasteiger partial charge in [-0.05, 0) is 48.9 Å². The minimum absolute atomic E-state index is 0.166. The molecule has 3 aromatic carbocycles. The van der Waals surface area contributed by atoms with Crippen LogP contribution in [-0.4, -0.2) is 34.6 Å². The molecule has 1 aromatic heterocycles. The molecule has 39 heavy (non-hydrogen) atoms.